The summed E-state index contributed by atoms with van der Waals surface area (Å²) in [4.78, 5) is 0. The summed E-state index contributed by atoms with van der Waals surface area (Å²) in [6.07, 6.45) is 0. The Morgan fingerprint density at radius 3 is 2.24 bits per heavy atom. The molecule has 3 aromatic rings. The Kier molecular flexibility index (Phi) is 5.96. The van der Waals surface area contributed by atoms with Gasteiger partial charge in [0.1, 0.15) is 6.61 Å². The van der Waals surface area contributed by atoms with Gasteiger partial charge in [0.2, 0.25) is 0 Å². The number of benzene rings is 3. The molecule has 3 aromatic carbocycles. The fourth-order valence-electron chi connectivity index (χ4n) is 2.51. The van der Waals surface area contributed by atoms with Crippen LogP contribution in [0.5, 0.6) is 11.5 Å². The molecule has 0 atom stereocenters. The first-order valence-corrected chi connectivity index (χ1v) is 8.87. The Balaban J connectivity index is 1.71. The fraction of sp³-hybridized carbons (Fsp3) is 0.143. The van der Waals surface area contributed by atoms with E-state index >= 15 is 0 Å². The number of hydrogen-bond acceptors (Lipinski definition) is 3. The smallest absolute Gasteiger partial charge is 0.175 e. The number of anilines is 1. The van der Waals surface area contributed by atoms with Crippen LogP contribution in [0.1, 0.15) is 11.1 Å². The third-order valence-electron chi connectivity index (χ3n) is 3.79. The van der Waals surface area contributed by atoms with Crippen LogP contribution in [0.4, 0.5) is 5.69 Å². The number of methoxy groups -OCH3 is 1. The molecule has 0 amide bonds. The van der Waals surface area contributed by atoms with E-state index < -0.39 is 0 Å². The van der Waals surface area contributed by atoms with Gasteiger partial charge in [-0.15, -0.1) is 0 Å². The van der Waals surface area contributed by atoms with Crippen molar-refractivity contribution in [2.75, 3.05) is 12.4 Å². The fourth-order valence-corrected chi connectivity index (χ4v) is 3.11. The Morgan fingerprint density at radius 1 is 0.880 bits per heavy atom. The van der Waals surface area contributed by atoms with Gasteiger partial charge in [-0.2, -0.15) is 0 Å². The third kappa shape index (κ3) is 4.77. The predicted molar refractivity (Wildman–Crippen MR) is 105 cm³/mol. The molecule has 0 aliphatic rings. The minimum Gasteiger partial charge on any atom is -0.493 e. The molecule has 4 heteroatoms. The van der Waals surface area contributed by atoms with Crippen molar-refractivity contribution in [2.45, 2.75) is 13.2 Å². The third-order valence-corrected chi connectivity index (χ3v) is 4.37. The van der Waals surface area contributed by atoms with E-state index in [9.17, 15) is 0 Å². The summed E-state index contributed by atoms with van der Waals surface area (Å²) < 4.78 is 12.4. The number of hydrogen-bond donors (Lipinski definition) is 1. The maximum Gasteiger partial charge on any atom is 0.175 e. The number of rotatable bonds is 7. The molecule has 0 saturated carbocycles. The van der Waals surface area contributed by atoms with E-state index in [0.29, 0.717) is 13.2 Å². The first-order valence-electron chi connectivity index (χ1n) is 8.08. The molecule has 25 heavy (non-hydrogen) atoms. The second-order valence-electron chi connectivity index (χ2n) is 5.60. The van der Waals surface area contributed by atoms with Gasteiger partial charge >= 0.3 is 0 Å². The zero-order valence-corrected chi connectivity index (χ0v) is 15.6. The van der Waals surface area contributed by atoms with Crippen molar-refractivity contribution in [1.82, 2.24) is 0 Å². The second kappa shape index (κ2) is 8.58. The first-order chi connectivity index (χ1) is 12.3. The lowest BCUT2D eigenvalue weighted by atomic mass is 10.2. The molecule has 3 nitrogen and oxygen atoms in total. The molecule has 3 rings (SSSR count). The second-order valence-corrected chi connectivity index (χ2v) is 6.46. The van der Waals surface area contributed by atoms with Crippen molar-refractivity contribution in [3.63, 3.8) is 0 Å². The molecule has 128 valence electrons. The maximum absolute atomic E-state index is 5.97. The van der Waals surface area contributed by atoms with Crippen molar-refractivity contribution in [3.05, 3.63) is 88.4 Å². The Hall–Kier alpha value is -2.46. The molecule has 0 spiro atoms. The van der Waals surface area contributed by atoms with Crippen molar-refractivity contribution >= 4 is 21.6 Å². The van der Waals surface area contributed by atoms with Crippen molar-refractivity contribution in [1.29, 1.82) is 0 Å². The SMILES string of the molecule is COc1cc(CNc2ccccc2)cc(Br)c1OCc1ccccc1. The monoisotopic (exact) mass is 397 g/mol. The highest BCUT2D eigenvalue weighted by Crippen LogP contribution is 2.37. The normalized spacial score (nSPS) is 10.3. The van der Waals surface area contributed by atoms with Crippen LogP contribution in [0.3, 0.4) is 0 Å². The van der Waals surface area contributed by atoms with Gasteiger partial charge in [0.05, 0.1) is 11.6 Å². The van der Waals surface area contributed by atoms with Crippen LogP contribution in [0.25, 0.3) is 0 Å². The van der Waals surface area contributed by atoms with Crippen LogP contribution in [0, 0.1) is 0 Å². The highest BCUT2D eigenvalue weighted by Gasteiger charge is 2.12. The van der Waals surface area contributed by atoms with E-state index in [1.165, 1.54) is 0 Å². The van der Waals surface area contributed by atoms with E-state index in [1.54, 1.807) is 7.11 Å². The summed E-state index contributed by atoms with van der Waals surface area (Å²) in [5.41, 5.74) is 3.31. The Morgan fingerprint density at radius 2 is 1.56 bits per heavy atom. The molecule has 0 aliphatic heterocycles. The predicted octanol–water partition coefficient (Wildman–Crippen LogP) is 5.65. The topological polar surface area (TPSA) is 30.5 Å². The molecule has 0 radical (unpaired) electrons. The average Bonchev–Trinajstić information content (AvgIpc) is 2.66. The summed E-state index contributed by atoms with van der Waals surface area (Å²) in [5, 5.41) is 3.40. The lowest BCUT2D eigenvalue weighted by Gasteiger charge is -2.15. The molecule has 0 aromatic heterocycles. The molecular weight excluding hydrogens is 378 g/mol. The van der Waals surface area contributed by atoms with E-state index in [-0.39, 0.29) is 0 Å². The number of nitrogens with one attached hydrogen (secondary N) is 1. The molecule has 1 N–H and O–H groups in total. The van der Waals surface area contributed by atoms with Gasteiger partial charge in [-0.25, -0.2) is 0 Å². The lowest BCUT2D eigenvalue weighted by Crippen LogP contribution is -2.02. The quantitative estimate of drug-likeness (QED) is 0.558. The Bertz CT molecular complexity index is 807. The number of halogens is 1. The van der Waals surface area contributed by atoms with Crippen LogP contribution >= 0.6 is 15.9 Å². The van der Waals surface area contributed by atoms with Crippen molar-refractivity contribution in [2.24, 2.45) is 0 Å². The van der Waals surface area contributed by atoms with E-state index in [0.717, 1.165) is 32.8 Å². The first kappa shape index (κ1) is 17.4. The summed E-state index contributed by atoms with van der Waals surface area (Å²) in [6, 6.07) is 24.3. The Labute approximate surface area is 156 Å². The summed E-state index contributed by atoms with van der Waals surface area (Å²) >= 11 is 3.61. The van der Waals surface area contributed by atoms with Gasteiger partial charge in [-0.1, -0.05) is 48.5 Å². The average molecular weight is 398 g/mol. The zero-order valence-electron chi connectivity index (χ0n) is 14.0. The molecule has 0 aliphatic carbocycles. The summed E-state index contributed by atoms with van der Waals surface area (Å²) in [6.45, 7) is 1.20. The van der Waals surface area contributed by atoms with Crippen LogP contribution < -0.4 is 14.8 Å². The lowest BCUT2D eigenvalue weighted by molar-refractivity contribution is 0.282. The molecule has 0 fully saturated rings. The van der Waals surface area contributed by atoms with Gasteiger partial charge in [-0.3, -0.25) is 0 Å². The van der Waals surface area contributed by atoms with Crippen LogP contribution in [-0.2, 0) is 13.2 Å². The number of ether oxygens (including phenoxy) is 2. The van der Waals surface area contributed by atoms with Gasteiger partial charge in [-0.05, 0) is 51.3 Å². The van der Waals surface area contributed by atoms with Crippen LogP contribution in [0.2, 0.25) is 0 Å². The molecule has 0 saturated heterocycles. The number of para-hydroxylation sites is 1. The van der Waals surface area contributed by atoms with Gasteiger partial charge < -0.3 is 14.8 Å². The van der Waals surface area contributed by atoms with E-state index in [4.69, 9.17) is 9.47 Å². The minimum atomic E-state index is 0.497. The summed E-state index contributed by atoms with van der Waals surface area (Å²) in [5.74, 6) is 1.44. The van der Waals surface area contributed by atoms with E-state index in [1.807, 2.05) is 66.7 Å². The summed E-state index contributed by atoms with van der Waals surface area (Å²) in [7, 11) is 1.66. The minimum absolute atomic E-state index is 0.497. The van der Waals surface area contributed by atoms with Crippen molar-refractivity contribution in [3.8, 4) is 11.5 Å². The molecule has 0 heterocycles. The van der Waals surface area contributed by atoms with Crippen molar-refractivity contribution < 1.29 is 9.47 Å². The molecular formula is C21H20BrNO2. The van der Waals surface area contributed by atoms with Gasteiger partial charge in [0.15, 0.2) is 11.5 Å². The molecule has 0 bridgehead atoms. The highest BCUT2D eigenvalue weighted by molar-refractivity contribution is 9.10. The highest BCUT2D eigenvalue weighted by atomic mass is 79.9. The standard InChI is InChI=1S/C21H20BrNO2/c1-24-20-13-17(14-23-18-10-6-3-7-11-18)12-19(22)21(20)25-15-16-8-4-2-5-9-16/h2-13,23H,14-15H2,1H3. The maximum atomic E-state index is 5.97. The zero-order chi connectivity index (χ0) is 17.5. The van der Waals surface area contributed by atoms with E-state index in [2.05, 4.69) is 27.3 Å². The van der Waals surface area contributed by atoms with Crippen LogP contribution in [0.15, 0.2) is 77.3 Å². The molecule has 0 unspecified atom stereocenters. The van der Waals surface area contributed by atoms with Crippen LogP contribution in [-0.4, -0.2) is 7.11 Å². The van der Waals surface area contributed by atoms with Gasteiger partial charge in [0.25, 0.3) is 0 Å². The largest absolute Gasteiger partial charge is 0.493 e. The van der Waals surface area contributed by atoms with Gasteiger partial charge in [0, 0.05) is 12.2 Å².